The Morgan fingerprint density at radius 3 is 2.82 bits per heavy atom. The molecule has 0 aliphatic carbocycles. The van der Waals surface area contributed by atoms with Crippen molar-refractivity contribution >= 4 is 22.7 Å². The molecule has 3 aromatic heterocycles. The van der Waals surface area contributed by atoms with E-state index < -0.39 is 18.1 Å². The van der Waals surface area contributed by atoms with E-state index in [1.807, 2.05) is 5.32 Å². The Morgan fingerprint density at radius 1 is 1.29 bits per heavy atom. The second-order valence-corrected chi connectivity index (χ2v) is 6.35. The third-order valence-electron chi connectivity index (χ3n) is 4.36. The molecule has 144 valence electrons. The van der Waals surface area contributed by atoms with Gasteiger partial charge in [-0.25, -0.2) is 14.5 Å². The lowest BCUT2D eigenvalue weighted by Crippen LogP contribution is -2.43. The zero-order chi connectivity index (χ0) is 20.1. The average Bonchev–Trinajstić information content (AvgIpc) is 3.26. The van der Waals surface area contributed by atoms with Gasteiger partial charge in [-0.05, 0) is 38.1 Å². The van der Waals surface area contributed by atoms with E-state index in [1.165, 1.54) is 17.1 Å². The third kappa shape index (κ3) is 3.06. The molecule has 0 aliphatic rings. The number of aromatic nitrogens is 4. The minimum atomic E-state index is -4.54. The molecule has 0 aliphatic heterocycles. The molecule has 1 amide bonds. The number of nitrogens with one attached hydrogen (secondary N) is 1. The molecule has 0 radical (unpaired) electrons. The Morgan fingerprint density at radius 2 is 2.07 bits per heavy atom. The maximum Gasteiger partial charge on any atom is 0.408 e. The quantitative estimate of drug-likeness (QED) is 0.579. The van der Waals surface area contributed by atoms with E-state index in [2.05, 4.69) is 15.1 Å². The summed E-state index contributed by atoms with van der Waals surface area (Å²) in [4.78, 5) is 20.9. The highest BCUT2D eigenvalue weighted by Crippen LogP contribution is 2.25. The number of oxazole rings is 1. The van der Waals surface area contributed by atoms with Gasteiger partial charge in [-0.15, -0.1) is 0 Å². The van der Waals surface area contributed by atoms with Gasteiger partial charge in [-0.1, -0.05) is 0 Å². The first-order chi connectivity index (χ1) is 13.2. The SMILES string of the molecule is Cc1cc(-c2ccc3ocnc3c2)nc2c(C(=O)NC(C)C(F)(F)F)cnn12. The van der Waals surface area contributed by atoms with Crippen LogP contribution in [0.2, 0.25) is 0 Å². The molecule has 1 unspecified atom stereocenters. The summed E-state index contributed by atoms with van der Waals surface area (Å²) in [7, 11) is 0. The van der Waals surface area contributed by atoms with Gasteiger partial charge in [0.15, 0.2) is 17.6 Å². The molecule has 1 atom stereocenters. The number of halogens is 3. The molecule has 0 saturated heterocycles. The molecular weight excluding hydrogens is 375 g/mol. The van der Waals surface area contributed by atoms with E-state index >= 15 is 0 Å². The molecule has 0 fully saturated rings. The van der Waals surface area contributed by atoms with E-state index in [1.54, 1.807) is 31.2 Å². The smallest absolute Gasteiger partial charge is 0.408 e. The summed E-state index contributed by atoms with van der Waals surface area (Å²) < 4.78 is 44.9. The van der Waals surface area contributed by atoms with Gasteiger partial charge >= 0.3 is 6.18 Å². The summed E-state index contributed by atoms with van der Waals surface area (Å²) in [5.74, 6) is -0.893. The molecule has 4 rings (SSSR count). The van der Waals surface area contributed by atoms with Gasteiger partial charge in [-0.2, -0.15) is 18.3 Å². The second-order valence-electron chi connectivity index (χ2n) is 6.35. The number of benzene rings is 1. The number of nitrogens with zero attached hydrogens (tertiary/aromatic N) is 4. The summed E-state index contributed by atoms with van der Waals surface area (Å²) in [5, 5.41) is 6.00. The maximum absolute atomic E-state index is 12.8. The number of rotatable bonds is 3. The van der Waals surface area contributed by atoms with Crippen LogP contribution >= 0.6 is 0 Å². The fourth-order valence-electron chi connectivity index (χ4n) is 2.79. The van der Waals surface area contributed by atoms with E-state index in [0.717, 1.165) is 12.5 Å². The monoisotopic (exact) mass is 389 g/mol. The lowest BCUT2D eigenvalue weighted by molar-refractivity contribution is -0.149. The van der Waals surface area contributed by atoms with E-state index in [9.17, 15) is 18.0 Å². The molecule has 0 spiro atoms. The largest absolute Gasteiger partial charge is 0.443 e. The zero-order valence-electron chi connectivity index (χ0n) is 14.8. The molecule has 0 saturated carbocycles. The van der Waals surface area contributed by atoms with Gasteiger partial charge in [0.05, 0.1) is 11.9 Å². The van der Waals surface area contributed by atoms with Gasteiger partial charge in [0.25, 0.3) is 5.91 Å². The van der Waals surface area contributed by atoms with Crippen molar-refractivity contribution in [3.05, 3.63) is 48.1 Å². The number of fused-ring (bicyclic) bond motifs is 2. The summed E-state index contributed by atoms with van der Waals surface area (Å²) in [6, 6.07) is 5.08. The van der Waals surface area contributed by atoms with Crippen molar-refractivity contribution in [2.75, 3.05) is 0 Å². The molecular formula is C18H14F3N5O2. The van der Waals surface area contributed by atoms with E-state index in [-0.39, 0.29) is 11.2 Å². The van der Waals surface area contributed by atoms with Crippen molar-refractivity contribution in [1.82, 2.24) is 24.9 Å². The Balaban J connectivity index is 1.77. The Bertz CT molecular complexity index is 1200. The lowest BCUT2D eigenvalue weighted by Gasteiger charge is -2.16. The van der Waals surface area contributed by atoms with Gasteiger partial charge in [0, 0.05) is 11.3 Å². The number of amides is 1. The predicted octanol–water partition coefficient (Wildman–Crippen LogP) is 3.53. The van der Waals surface area contributed by atoms with Crippen molar-refractivity contribution in [1.29, 1.82) is 0 Å². The minimum Gasteiger partial charge on any atom is -0.443 e. The van der Waals surface area contributed by atoms with Crippen LogP contribution in [-0.4, -0.2) is 37.7 Å². The van der Waals surface area contributed by atoms with Gasteiger partial charge in [-0.3, -0.25) is 4.79 Å². The molecule has 3 heterocycles. The Labute approximate surface area is 156 Å². The summed E-state index contributed by atoms with van der Waals surface area (Å²) in [5.41, 5.74) is 3.32. The van der Waals surface area contributed by atoms with E-state index in [0.29, 0.717) is 22.5 Å². The van der Waals surface area contributed by atoms with Crippen molar-refractivity contribution < 1.29 is 22.4 Å². The van der Waals surface area contributed by atoms with Gasteiger partial charge in [0.1, 0.15) is 17.1 Å². The van der Waals surface area contributed by atoms with Crippen LogP contribution in [0.1, 0.15) is 23.0 Å². The van der Waals surface area contributed by atoms with Crippen LogP contribution in [-0.2, 0) is 0 Å². The fourth-order valence-corrected chi connectivity index (χ4v) is 2.79. The van der Waals surface area contributed by atoms with Crippen LogP contribution < -0.4 is 5.32 Å². The second kappa shape index (κ2) is 6.32. The van der Waals surface area contributed by atoms with Crippen LogP contribution in [0.15, 0.2) is 41.3 Å². The standard InChI is InChI=1S/C18H14F3N5O2/c1-9-5-13(11-3-4-15-14(6-11)22-8-28-15)25-16-12(7-23-26(9)16)17(27)24-10(2)18(19,20)21/h3-8,10H,1-2H3,(H,24,27). The predicted molar refractivity (Wildman–Crippen MR) is 93.7 cm³/mol. The van der Waals surface area contributed by atoms with Crippen LogP contribution in [0.3, 0.4) is 0 Å². The van der Waals surface area contributed by atoms with Gasteiger partial charge in [0.2, 0.25) is 0 Å². The first kappa shape index (κ1) is 18.0. The highest BCUT2D eigenvalue weighted by atomic mass is 19.4. The molecule has 1 aromatic carbocycles. The van der Waals surface area contributed by atoms with Crippen LogP contribution in [0.25, 0.3) is 28.0 Å². The fraction of sp³-hybridized carbons (Fsp3) is 0.222. The van der Waals surface area contributed by atoms with Crippen molar-refractivity contribution in [2.45, 2.75) is 26.1 Å². The van der Waals surface area contributed by atoms with Crippen LogP contribution in [0, 0.1) is 6.92 Å². The zero-order valence-corrected chi connectivity index (χ0v) is 14.8. The molecule has 1 N–H and O–H groups in total. The normalized spacial score (nSPS) is 13.2. The molecule has 7 nitrogen and oxygen atoms in total. The first-order valence-corrected chi connectivity index (χ1v) is 8.30. The number of alkyl halides is 3. The van der Waals surface area contributed by atoms with Crippen molar-refractivity contribution in [3.8, 4) is 11.3 Å². The Hall–Kier alpha value is -3.43. The summed E-state index contributed by atoms with van der Waals surface area (Å²) in [6.45, 7) is 2.64. The highest BCUT2D eigenvalue weighted by molar-refractivity contribution is 6.00. The summed E-state index contributed by atoms with van der Waals surface area (Å²) >= 11 is 0. The van der Waals surface area contributed by atoms with Crippen LogP contribution in [0.4, 0.5) is 13.2 Å². The maximum atomic E-state index is 12.8. The van der Waals surface area contributed by atoms with Gasteiger partial charge < -0.3 is 9.73 Å². The average molecular weight is 389 g/mol. The van der Waals surface area contributed by atoms with Crippen LogP contribution in [0.5, 0.6) is 0 Å². The molecule has 4 aromatic rings. The first-order valence-electron chi connectivity index (χ1n) is 8.30. The highest BCUT2D eigenvalue weighted by Gasteiger charge is 2.37. The Kier molecular flexibility index (Phi) is 4.06. The summed E-state index contributed by atoms with van der Waals surface area (Å²) in [6.07, 6.45) is -2.00. The number of aryl methyl sites for hydroxylation is 1. The van der Waals surface area contributed by atoms with Crippen molar-refractivity contribution in [2.24, 2.45) is 0 Å². The topological polar surface area (TPSA) is 85.3 Å². The molecule has 0 bridgehead atoms. The van der Waals surface area contributed by atoms with Crippen molar-refractivity contribution in [3.63, 3.8) is 0 Å². The third-order valence-corrected chi connectivity index (χ3v) is 4.36. The number of hydrogen-bond donors (Lipinski definition) is 1. The molecule has 28 heavy (non-hydrogen) atoms. The molecule has 10 heteroatoms. The lowest BCUT2D eigenvalue weighted by atomic mass is 10.1. The number of carbonyl (C=O) groups is 1. The number of carbonyl (C=O) groups excluding carboxylic acids is 1. The van der Waals surface area contributed by atoms with E-state index in [4.69, 9.17) is 4.42 Å². The number of hydrogen-bond acceptors (Lipinski definition) is 5. The minimum absolute atomic E-state index is 0.0384.